The van der Waals surface area contributed by atoms with Crippen LogP contribution < -0.4 is 10.9 Å². The van der Waals surface area contributed by atoms with Gasteiger partial charge in [-0.3, -0.25) is 19.5 Å². The number of para-hydroxylation sites is 1. The summed E-state index contributed by atoms with van der Waals surface area (Å²) < 4.78 is 1.56. The Bertz CT molecular complexity index is 1360. The minimum Gasteiger partial charge on any atom is -0.301 e. The summed E-state index contributed by atoms with van der Waals surface area (Å²) in [5.41, 5.74) is 2.80. The maximum absolute atomic E-state index is 13.0. The molecule has 1 amide bonds. The zero-order chi connectivity index (χ0) is 21.5. The molecule has 31 heavy (non-hydrogen) atoms. The molecule has 0 radical (unpaired) electrons. The normalized spacial score (nSPS) is 13.9. The lowest BCUT2D eigenvalue weighted by Crippen LogP contribution is -2.25. The van der Waals surface area contributed by atoms with Crippen LogP contribution in [0.15, 0.2) is 53.3 Å². The van der Waals surface area contributed by atoms with Crippen LogP contribution in [0.25, 0.3) is 16.6 Å². The van der Waals surface area contributed by atoms with Crippen molar-refractivity contribution in [2.45, 2.75) is 19.9 Å². The lowest BCUT2D eigenvalue weighted by molar-refractivity contribution is 0.102. The van der Waals surface area contributed by atoms with Crippen LogP contribution in [0.5, 0.6) is 0 Å². The van der Waals surface area contributed by atoms with Crippen molar-refractivity contribution in [2.75, 3.05) is 18.9 Å². The Morgan fingerprint density at radius 1 is 1.10 bits per heavy atom. The van der Waals surface area contributed by atoms with E-state index in [1.165, 1.54) is 16.2 Å². The summed E-state index contributed by atoms with van der Waals surface area (Å²) in [4.78, 5) is 38.2. The van der Waals surface area contributed by atoms with Crippen molar-refractivity contribution in [1.29, 1.82) is 0 Å². The van der Waals surface area contributed by atoms with Crippen molar-refractivity contribution in [2.24, 2.45) is 0 Å². The number of hydrogen-bond donors (Lipinski definition) is 1. The highest BCUT2D eigenvalue weighted by molar-refractivity contribution is 7.15. The highest BCUT2D eigenvalue weighted by Crippen LogP contribution is 2.28. The van der Waals surface area contributed by atoms with Crippen LogP contribution in [0.2, 0.25) is 0 Å². The fraction of sp³-hybridized carbons (Fsp3) is 0.217. The SMILES string of the molecule is Cc1nc2ccccc2c(=O)n1-c1ccc(C(=O)Nc2nc3c(s2)CN(C)CC3)cc1. The third-order valence-corrected chi connectivity index (χ3v) is 6.47. The van der Waals surface area contributed by atoms with Crippen LogP contribution in [0.3, 0.4) is 0 Å². The Labute approximate surface area is 183 Å². The lowest BCUT2D eigenvalue weighted by Gasteiger charge is -2.20. The molecule has 7 nitrogen and oxygen atoms in total. The number of amides is 1. The monoisotopic (exact) mass is 431 g/mol. The predicted octanol–water partition coefficient (Wildman–Crippen LogP) is 3.39. The maximum Gasteiger partial charge on any atom is 0.265 e. The molecule has 0 saturated heterocycles. The van der Waals surface area contributed by atoms with Gasteiger partial charge in [0.25, 0.3) is 11.5 Å². The van der Waals surface area contributed by atoms with Gasteiger partial charge in [-0.15, -0.1) is 11.3 Å². The van der Waals surface area contributed by atoms with Gasteiger partial charge in [0, 0.05) is 30.0 Å². The molecular weight excluding hydrogens is 410 g/mol. The van der Waals surface area contributed by atoms with E-state index in [4.69, 9.17) is 0 Å². The van der Waals surface area contributed by atoms with Crippen molar-refractivity contribution in [3.8, 4) is 5.69 Å². The van der Waals surface area contributed by atoms with E-state index in [2.05, 4.69) is 27.2 Å². The molecule has 0 bridgehead atoms. The first-order chi connectivity index (χ1) is 15.0. The average molecular weight is 432 g/mol. The molecule has 2 aromatic heterocycles. The summed E-state index contributed by atoms with van der Waals surface area (Å²) in [5.74, 6) is 0.381. The second-order valence-corrected chi connectivity index (χ2v) is 8.78. The Morgan fingerprint density at radius 3 is 2.68 bits per heavy atom. The second-order valence-electron chi connectivity index (χ2n) is 7.69. The van der Waals surface area contributed by atoms with Crippen LogP contribution in [-0.2, 0) is 13.0 Å². The smallest absolute Gasteiger partial charge is 0.265 e. The number of rotatable bonds is 3. The van der Waals surface area contributed by atoms with Gasteiger partial charge < -0.3 is 4.90 Å². The van der Waals surface area contributed by atoms with Crippen molar-refractivity contribution >= 4 is 33.3 Å². The Balaban J connectivity index is 1.40. The third-order valence-electron chi connectivity index (χ3n) is 5.47. The highest BCUT2D eigenvalue weighted by atomic mass is 32.1. The molecule has 0 fully saturated rings. The third kappa shape index (κ3) is 3.64. The van der Waals surface area contributed by atoms with E-state index in [0.717, 1.165) is 25.2 Å². The number of carbonyl (C=O) groups excluding carboxylic acids is 1. The summed E-state index contributed by atoms with van der Waals surface area (Å²) >= 11 is 1.53. The Hall–Kier alpha value is -3.36. The largest absolute Gasteiger partial charge is 0.301 e. The van der Waals surface area contributed by atoms with Gasteiger partial charge in [-0.2, -0.15) is 0 Å². The quantitative estimate of drug-likeness (QED) is 0.538. The van der Waals surface area contributed by atoms with Gasteiger partial charge in [0.2, 0.25) is 0 Å². The number of nitrogens with zero attached hydrogens (tertiary/aromatic N) is 4. The summed E-state index contributed by atoms with van der Waals surface area (Å²) in [6, 6.07) is 14.3. The van der Waals surface area contributed by atoms with Crippen molar-refractivity contribution in [3.63, 3.8) is 0 Å². The molecule has 5 rings (SSSR count). The molecular formula is C23H21N5O2S. The van der Waals surface area contributed by atoms with E-state index in [9.17, 15) is 9.59 Å². The topological polar surface area (TPSA) is 80.1 Å². The van der Waals surface area contributed by atoms with Crippen LogP contribution in [-0.4, -0.2) is 38.9 Å². The van der Waals surface area contributed by atoms with Crippen LogP contribution in [0.4, 0.5) is 5.13 Å². The zero-order valence-electron chi connectivity index (χ0n) is 17.3. The van der Waals surface area contributed by atoms with Gasteiger partial charge in [-0.05, 0) is 50.4 Å². The van der Waals surface area contributed by atoms with E-state index in [1.54, 1.807) is 41.8 Å². The molecule has 8 heteroatoms. The van der Waals surface area contributed by atoms with Crippen LogP contribution in [0, 0.1) is 6.92 Å². The number of aromatic nitrogens is 3. The van der Waals surface area contributed by atoms with Gasteiger partial charge >= 0.3 is 0 Å². The van der Waals surface area contributed by atoms with Crippen molar-refractivity contribution in [3.05, 3.63) is 80.8 Å². The molecule has 0 unspecified atom stereocenters. The van der Waals surface area contributed by atoms with E-state index < -0.39 is 0 Å². The highest BCUT2D eigenvalue weighted by Gasteiger charge is 2.19. The standard InChI is InChI=1S/C23H21N5O2S/c1-14-24-18-6-4-3-5-17(18)22(30)28(14)16-9-7-15(8-10-16)21(29)26-23-25-19-11-12-27(2)13-20(19)31-23/h3-10H,11-13H2,1-2H3,(H,25,26,29). The summed E-state index contributed by atoms with van der Waals surface area (Å²) in [6.07, 6.45) is 0.904. The molecule has 1 N–H and O–H groups in total. The number of likely N-dealkylation sites (N-methyl/N-ethyl adjacent to an activating group) is 1. The lowest BCUT2D eigenvalue weighted by atomic mass is 10.2. The number of hydrogen-bond acceptors (Lipinski definition) is 6. The van der Waals surface area contributed by atoms with Gasteiger partial charge in [-0.25, -0.2) is 9.97 Å². The zero-order valence-corrected chi connectivity index (χ0v) is 18.1. The molecule has 3 heterocycles. The average Bonchev–Trinajstić information content (AvgIpc) is 3.15. The van der Waals surface area contributed by atoms with E-state index in [-0.39, 0.29) is 11.5 Å². The fourth-order valence-electron chi connectivity index (χ4n) is 3.86. The van der Waals surface area contributed by atoms with Crippen molar-refractivity contribution < 1.29 is 4.79 Å². The maximum atomic E-state index is 13.0. The molecule has 0 spiro atoms. The minimum atomic E-state index is -0.216. The number of nitrogens with one attached hydrogen (secondary N) is 1. The van der Waals surface area contributed by atoms with Crippen LogP contribution in [0.1, 0.15) is 26.8 Å². The Morgan fingerprint density at radius 2 is 1.87 bits per heavy atom. The number of anilines is 1. The molecule has 1 aliphatic heterocycles. The predicted molar refractivity (Wildman–Crippen MR) is 122 cm³/mol. The summed E-state index contributed by atoms with van der Waals surface area (Å²) in [6.45, 7) is 3.65. The van der Waals surface area contributed by atoms with Gasteiger partial charge in [0.05, 0.1) is 22.3 Å². The molecule has 0 atom stereocenters. The molecule has 0 aliphatic carbocycles. The second kappa shape index (κ2) is 7.72. The first kappa shape index (κ1) is 19.6. The summed E-state index contributed by atoms with van der Waals surface area (Å²) in [7, 11) is 2.08. The number of fused-ring (bicyclic) bond motifs is 2. The van der Waals surface area contributed by atoms with Gasteiger partial charge in [0.15, 0.2) is 5.13 Å². The molecule has 156 valence electrons. The van der Waals surface area contributed by atoms with Gasteiger partial charge in [-0.1, -0.05) is 12.1 Å². The van der Waals surface area contributed by atoms with E-state index in [0.29, 0.717) is 33.1 Å². The molecule has 4 aromatic rings. The minimum absolute atomic E-state index is 0.126. The number of aryl methyl sites for hydroxylation is 1. The van der Waals surface area contributed by atoms with E-state index >= 15 is 0 Å². The van der Waals surface area contributed by atoms with Gasteiger partial charge in [0.1, 0.15) is 5.82 Å². The van der Waals surface area contributed by atoms with Crippen molar-refractivity contribution in [1.82, 2.24) is 19.4 Å². The molecule has 1 aliphatic rings. The molecule has 0 saturated carbocycles. The summed E-state index contributed by atoms with van der Waals surface area (Å²) in [5, 5.41) is 4.09. The number of benzene rings is 2. The first-order valence-corrected chi connectivity index (χ1v) is 10.9. The number of carbonyl (C=O) groups is 1. The van der Waals surface area contributed by atoms with E-state index in [1.807, 2.05) is 18.2 Å². The molecule has 2 aromatic carbocycles. The fourth-order valence-corrected chi connectivity index (χ4v) is 4.94. The first-order valence-electron chi connectivity index (χ1n) is 10.1. The van der Waals surface area contributed by atoms with Crippen LogP contribution >= 0.6 is 11.3 Å². The Kier molecular flexibility index (Phi) is 4.88. The number of thiazole rings is 1.